The van der Waals surface area contributed by atoms with Crippen molar-refractivity contribution < 1.29 is 23.9 Å². The maximum Gasteiger partial charge on any atom is 0.261 e. The maximum absolute atomic E-state index is 13.1. The Balaban J connectivity index is 1.20. The zero-order valence-electron chi connectivity index (χ0n) is 22.1. The smallest absolute Gasteiger partial charge is 0.261 e. The highest BCUT2D eigenvalue weighted by molar-refractivity contribution is 9.10. The fourth-order valence-electron chi connectivity index (χ4n) is 4.48. The molecule has 0 atom stereocenters. The van der Waals surface area contributed by atoms with Gasteiger partial charge in [-0.1, -0.05) is 36.4 Å². The fourth-order valence-corrected chi connectivity index (χ4v) is 4.91. The Labute approximate surface area is 245 Å². The predicted octanol–water partition coefficient (Wildman–Crippen LogP) is 6.44. The first-order valence-corrected chi connectivity index (χ1v) is 13.6. The van der Waals surface area contributed by atoms with Gasteiger partial charge in [0.15, 0.2) is 5.78 Å². The summed E-state index contributed by atoms with van der Waals surface area (Å²) in [6.45, 7) is 0.206. The first-order chi connectivity index (χ1) is 19.8. The molecule has 0 saturated heterocycles. The minimum absolute atomic E-state index is 0.160. The summed E-state index contributed by atoms with van der Waals surface area (Å²) in [6.07, 6.45) is 3.64. The van der Waals surface area contributed by atoms with Crippen LogP contribution in [0.1, 0.15) is 52.6 Å². The number of benzene rings is 4. The molecule has 1 heterocycles. The Hall–Kier alpha value is -4.82. The first-order valence-electron chi connectivity index (χ1n) is 12.9. The minimum Gasteiger partial charge on any atom is -0.497 e. The quantitative estimate of drug-likeness (QED) is 0.134. The summed E-state index contributed by atoms with van der Waals surface area (Å²) in [6, 6.07) is 26.2. The number of carbonyl (C=O) groups excluding carboxylic acids is 4. The molecule has 41 heavy (non-hydrogen) atoms. The number of nitrogens with zero attached hydrogens (tertiary/aromatic N) is 1. The van der Waals surface area contributed by atoms with E-state index in [9.17, 15) is 19.2 Å². The van der Waals surface area contributed by atoms with Crippen molar-refractivity contribution in [1.29, 1.82) is 0 Å². The van der Waals surface area contributed by atoms with Gasteiger partial charge in [-0.15, -0.1) is 0 Å². The number of halogens is 1. The maximum atomic E-state index is 13.1. The van der Waals surface area contributed by atoms with E-state index in [2.05, 4.69) is 21.2 Å². The Morgan fingerprint density at radius 1 is 0.878 bits per heavy atom. The number of anilines is 1. The minimum atomic E-state index is -0.335. The average molecular weight is 609 g/mol. The molecule has 7 nitrogen and oxygen atoms in total. The molecule has 4 aromatic carbocycles. The number of hydrogen-bond acceptors (Lipinski definition) is 5. The van der Waals surface area contributed by atoms with Gasteiger partial charge in [-0.25, -0.2) is 0 Å². The topological polar surface area (TPSA) is 92.8 Å². The second kappa shape index (κ2) is 12.1. The number of imide groups is 1. The van der Waals surface area contributed by atoms with Gasteiger partial charge in [-0.05, 0) is 100 Å². The SMILES string of the molecule is COc1ccc(/C=C/C(=O)c2ccc(NC(=O)c3cc(CCN4C(=O)c5ccccc5C4=O)ccc3Br)cc2)cc1. The third kappa shape index (κ3) is 6.18. The van der Waals surface area contributed by atoms with Gasteiger partial charge >= 0.3 is 0 Å². The van der Waals surface area contributed by atoms with Gasteiger partial charge in [0.2, 0.25) is 0 Å². The van der Waals surface area contributed by atoms with E-state index < -0.39 is 0 Å². The van der Waals surface area contributed by atoms with Crippen LogP contribution in [0.5, 0.6) is 5.75 Å². The van der Waals surface area contributed by atoms with Crippen molar-refractivity contribution in [3.63, 3.8) is 0 Å². The molecule has 4 aromatic rings. The monoisotopic (exact) mass is 608 g/mol. The van der Waals surface area contributed by atoms with Crippen LogP contribution >= 0.6 is 15.9 Å². The molecule has 0 aromatic heterocycles. The van der Waals surface area contributed by atoms with Crippen molar-refractivity contribution in [3.8, 4) is 5.75 Å². The van der Waals surface area contributed by atoms with Crippen LogP contribution < -0.4 is 10.1 Å². The summed E-state index contributed by atoms with van der Waals surface area (Å²) >= 11 is 3.44. The number of ether oxygens (including phenoxy) is 1. The highest BCUT2D eigenvalue weighted by Gasteiger charge is 2.34. The number of carbonyl (C=O) groups is 4. The lowest BCUT2D eigenvalue weighted by atomic mass is 10.1. The third-order valence-electron chi connectivity index (χ3n) is 6.75. The summed E-state index contributed by atoms with van der Waals surface area (Å²) in [5.74, 6) is -0.367. The van der Waals surface area contributed by atoms with Crippen LogP contribution in [0.25, 0.3) is 6.08 Å². The Morgan fingerprint density at radius 2 is 1.54 bits per heavy atom. The second-order valence-corrected chi connectivity index (χ2v) is 10.2. The molecule has 0 aliphatic carbocycles. The van der Waals surface area contributed by atoms with Gasteiger partial charge in [0.25, 0.3) is 17.7 Å². The van der Waals surface area contributed by atoms with Crippen LogP contribution in [0.3, 0.4) is 0 Å². The number of hydrogen-bond donors (Lipinski definition) is 1. The number of fused-ring (bicyclic) bond motifs is 1. The van der Waals surface area contributed by atoms with Gasteiger partial charge in [0.1, 0.15) is 5.75 Å². The normalized spacial score (nSPS) is 12.5. The van der Waals surface area contributed by atoms with Crippen molar-refractivity contribution in [2.45, 2.75) is 6.42 Å². The molecule has 0 spiro atoms. The van der Waals surface area contributed by atoms with Gasteiger partial charge in [0.05, 0.1) is 23.8 Å². The molecule has 3 amide bonds. The molecule has 8 heteroatoms. The largest absolute Gasteiger partial charge is 0.497 e. The van der Waals surface area contributed by atoms with Gasteiger partial charge in [-0.2, -0.15) is 0 Å². The van der Waals surface area contributed by atoms with Crippen molar-refractivity contribution in [2.24, 2.45) is 0 Å². The van der Waals surface area contributed by atoms with Crippen LogP contribution in [-0.2, 0) is 6.42 Å². The fraction of sp³-hybridized carbons (Fsp3) is 0.0909. The molecule has 1 aliphatic heterocycles. The number of amides is 3. The van der Waals surface area contributed by atoms with Crippen LogP contribution in [0.2, 0.25) is 0 Å². The van der Waals surface area contributed by atoms with E-state index in [1.807, 2.05) is 30.3 Å². The molecule has 0 unspecified atom stereocenters. The molecule has 0 bridgehead atoms. The average Bonchev–Trinajstić information content (AvgIpc) is 3.24. The summed E-state index contributed by atoms with van der Waals surface area (Å²) in [7, 11) is 1.60. The molecular formula is C33H25BrN2O5. The number of nitrogens with one attached hydrogen (secondary N) is 1. The first kappa shape index (κ1) is 27.7. The van der Waals surface area contributed by atoms with Gasteiger partial charge in [-0.3, -0.25) is 24.1 Å². The van der Waals surface area contributed by atoms with Crippen molar-refractivity contribution in [1.82, 2.24) is 4.90 Å². The lowest BCUT2D eigenvalue weighted by Crippen LogP contribution is -2.31. The van der Waals surface area contributed by atoms with Crippen molar-refractivity contribution in [2.75, 3.05) is 19.0 Å². The van der Waals surface area contributed by atoms with Crippen LogP contribution in [0.15, 0.2) is 102 Å². The van der Waals surface area contributed by atoms with E-state index in [1.165, 1.54) is 11.0 Å². The van der Waals surface area contributed by atoms with E-state index in [-0.39, 0.29) is 30.0 Å². The van der Waals surface area contributed by atoms with Gasteiger partial charge < -0.3 is 10.1 Å². The van der Waals surface area contributed by atoms with Crippen molar-refractivity contribution in [3.05, 3.63) is 135 Å². The predicted molar refractivity (Wildman–Crippen MR) is 160 cm³/mol. The van der Waals surface area contributed by atoms with Crippen LogP contribution in [0, 0.1) is 0 Å². The number of allylic oxidation sites excluding steroid dienone is 1. The Bertz CT molecular complexity index is 1640. The van der Waals surface area contributed by atoms with Crippen LogP contribution in [0.4, 0.5) is 5.69 Å². The molecular weight excluding hydrogens is 584 g/mol. The lowest BCUT2D eigenvalue weighted by molar-refractivity contribution is 0.0655. The number of ketones is 1. The second-order valence-electron chi connectivity index (χ2n) is 9.37. The highest BCUT2D eigenvalue weighted by atomic mass is 79.9. The van der Waals surface area contributed by atoms with E-state index in [0.29, 0.717) is 38.8 Å². The molecule has 5 rings (SSSR count). The molecule has 1 aliphatic rings. The van der Waals surface area contributed by atoms with Gasteiger partial charge in [0, 0.05) is 22.3 Å². The Morgan fingerprint density at radius 3 is 2.17 bits per heavy atom. The molecule has 0 fully saturated rings. The van der Waals surface area contributed by atoms with E-state index in [1.54, 1.807) is 73.8 Å². The zero-order valence-corrected chi connectivity index (χ0v) is 23.7. The van der Waals surface area contributed by atoms with E-state index in [4.69, 9.17) is 4.74 Å². The number of rotatable bonds is 9. The summed E-state index contributed by atoms with van der Waals surface area (Å²) in [4.78, 5) is 52.2. The Kier molecular flexibility index (Phi) is 8.21. The summed E-state index contributed by atoms with van der Waals surface area (Å²) in [5, 5.41) is 2.86. The summed E-state index contributed by atoms with van der Waals surface area (Å²) < 4.78 is 5.75. The van der Waals surface area contributed by atoms with E-state index >= 15 is 0 Å². The van der Waals surface area contributed by atoms with Crippen molar-refractivity contribution >= 4 is 51.2 Å². The molecule has 0 saturated carbocycles. The molecule has 0 radical (unpaired) electrons. The number of methoxy groups -OCH3 is 1. The van der Waals surface area contributed by atoms with Crippen LogP contribution in [-0.4, -0.2) is 42.1 Å². The summed E-state index contributed by atoms with van der Waals surface area (Å²) in [5.41, 5.74) is 3.94. The van der Waals surface area contributed by atoms with E-state index in [0.717, 1.165) is 16.9 Å². The molecule has 204 valence electrons. The highest BCUT2D eigenvalue weighted by Crippen LogP contribution is 2.24. The zero-order chi connectivity index (χ0) is 28.9. The lowest BCUT2D eigenvalue weighted by Gasteiger charge is -2.14. The standard InChI is InChI=1S/C33H25BrN2O5/c1-41-25-14-6-21(7-15-25)9-17-30(37)23-10-12-24(13-11-23)35-31(38)28-20-22(8-16-29(28)34)18-19-36-32(39)26-4-2-3-5-27(26)33(36)40/h2-17,20H,18-19H2,1H3,(H,35,38)/b17-9+. The molecule has 1 N–H and O–H groups in total. The third-order valence-corrected chi connectivity index (χ3v) is 7.44.